The summed E-state index contributed by atoms with van der Waals surface area (Å²) in [7, 11) is -2.29. The van der Waals surface area contributed by atoms with Crippen LogP contribution in [0, 0.1) is 0 Å². The number of hydrogen-bond donors (Lipinski definition) is 2. The lowest BCUT2D eigenvalue weighted by Crippen LogP contribution is -2.21. The van der Waals surface area contributed by atoms with Crippen LogP contribution >= 0.6 is 0 Å². The predicted octanol–water partition coefficient (Wildman–Crippen LogP) is 4.92. The summed E-state index contributed by atoms with van der Waals surface area (Å²) in [4.78, 5) is 37.9. The molecule has 11 nitrogen and oxygen atoms in total. The van der Waals surface area contributed by atoms with Crippen LogP contribution in [0.5, 0.6) is 0 Å². The quantitative estimate of drug-likeness (QED) is 0.216. The second kappa shape index (κ2) is 11.2. The van der Waals surface area contributed by atoms with Gasteiger partial charge >= 0.3 is 11.9 Å². The van der Waals surface area contributed by atoms with Gasteiger partial charge in [-0.2, -0.15) is 10.1 Å². The molecule has 0 radical (unpaired) electrons. The van der Waals surface area contributed by atoms with Gasteiger partial charge in [0.1, 0.15) is 6.04 Å². The Morgan fingerprint density at radius 1 is 1.05 bits per heavy atom. The molecular formula is C31H28N4O7S. The van der Waals surface area contributed by atoms with E-state index in [9.17, 15) is 27.9 Å². The maximum Gasteiger partial charge on any atom is 0.335 e. The van der Waals surface area contributed by atoms with Crippen LogP contribution < -0.4 is 9.73 Å². The summed E-state index contributed by atoms with van der Waals surface area (Å²) in [6.07, 6.45) is 2.73. The van der Waals surface area contributed by atoms with Crippen LogP contribution in [0.4, 0.5) is 11.4 Å². The molecule has 1 aliphatic rings. The van der Waals surface area contributed by atoms with Crippen molar-refractivity contribution in [1.29, 1.82) is 0 Å². The van der Waals surface area contributed by atoms with E-state index in [1.54, 1.807) is 42.7 Å². The minimum Gasteiger partial charge on any atom is -0.478 e. The summed E-state index contributed by atoms with van der Waals surface area (Å²) >= 11 is 0. The van der Waals surface area contributed by atoms with Crippen molar-refractivity contribution < 1.29 is 32.6 Å². The van der Waals surface area contributed by atoms with E-state index in [-0.39, 0.29) is 11.1 Å². The van der Waals surface area contributed by atoms with Crippen LogP contribution in [-0.2, 0) is 24.3 Å². The van der Waals surface area contributed by atoms with Gasteiger partial charge in [0.2, 0.25) is 10.0 Å². The van der Waals surface area contributed by atoms with E-state index in [0.717, 1.165) is 11.8 Å². The number of nitrogens with zero attached hydrogens (tertiary/aromatic N) is 3. The summed E-state index contributed by atoms with van der Waals surface area (Å²) in [6.45, 7) is 3.39. The van der Waals surface area contributed by atoms with Gasteiger partial charge < -0.3 is 14.4 Å². The smallest absolute Gasteiger partial charge is 0.335 e. The molecule has 1 unspecified atom stereocenters. The standard InChI is InChI=1S/C31H28N4O7S/c1-18-24(29(36)35(32-18)23-13-10-21(11-14-23)30(37)38)17-26-25-16-22(33-43(4,40)41)12-15-27(25)34(19(2)31(39)42-3)28(26)20-8-6-5-7-9-20/h5-17,19,33H,1-4H3,(H,37,38). The number of carboxylic acid groups (broad SMARTS) is 1. The zero-order chi connectivity index (χ0) is 31.1. The van der Waals surface area contributed by atoms with Crippen LogP contribution in [-0.4, -0.2) is 55.0 Å². The summed E-state index contributed by atoms with van der Waals surface area (Å²) in [5.41, 5.74) is 4.00. The highest BCUT2D eigenvalue weighted by Crippen LogP contribution is 2.40. The Labute approximate surface area is 247 Å². The van der Waals surface area contributed by atoms with Crippen molar-refractivity contribution in [1.82, 2.24) is 4.57 Å². The van der Waals surface area contributed by atoms with E-state index in [1.165, 1.54) is 36.4 Å². The number of esters is 1. The first-order valence-corrected chi connectivity index (χ1v) is 15.0. The van der Waals surface area contributed by atoms with Gasteiger partial charge in [0.05, 0.1) is 47.1 Å². The Hall–Kier alpha value is -5.23. The van der Waals surface area contributed by atoms with Gasteiger partial charge in [-0.25, -0.2) is 18.0 Å². The molecular weight excluding hydrogens is 572 g/mol. The van der Waals surface area contributed by atoms with E-state index in [1.807, 2.05) is 30.3 Å². The first-order chi connectivity index (χ1) is 20.4. The monoisotopic (exact) mass is 600 g/mol. The number of hydrogen-bond acceptors (Lipinski definition) is 7. The number of aromatic carboxylic acids is 1. The van der Waals surface area contributed by atoms with E-state index in [2.05, 4.69) is 9.82 Å². The van der Waals surface area contributed by atoms with E-state index >= 15 is 0 Å². The van der Waals surface area contributed by atoms with Gasteiger partial charge in [0.25, 0.3) is 5.91 Å². The molecule has 2 N–H and O–H groups in total. The second-order valence-electron chi connectivity index (χ2n) is 10.0. The van der Waals surface area contributed by atoms with Crippen molar-refractivity contribution in [3.05, 3.63) is 89.5 Å². The predicted molar refractivity (Wildman–Crippen MR) is 165 cm³/mol. The number of amides is 1. The van der Waals surface area contributed by atoms with Crippen molar-refractivity contribution in [2.75, 3.05) is 23.1 Å². The number of carbonyl (C=O) groups is 3. The summed E-state index contributed by atoms with van der Waals surface area (Å²) in [6, 6.07) is 19.3. The van der Waals surface area contributed by atoms with Gasteiger partial charge in [0, 0.05) is 16.6 Å². The average molecular weight is 601 g/mol. The molecule has 1 atom stereocenters. The lowest BCUT2D eigenvalue weighted by Gasteiger charge is -2.18. The topological polar surface area (TPSA) is 147 Å². The Balaban J connectivity index is 1.76. The maximum absolute atomic E-state index is 13.7. The first-order valence-electron chi connectivity index (χ1n) is 13.1. The average Bonchev–Trinajstić information content (AvgIpc) is 3.45. The SMILES string of the molecule is COC(=O)C(C)n1c(-c2ccccc2)c(C=C2C(=O)N(c3ccc(C(=O)O)cc3)N=C2C)c2cc(NS(C)(=O)=O)ccc21. The summed E-state index contributed by atoms with van der Waals surface area (Å²) in [5.74, 6) is -2.01. The Kier molecular flexibility index (Phi) is 7.63. The molecule has 5 rings (SSSR count). The van der Waals surface area contributed by atoms with Crippen molar-refractivity contribution in [2.45, 2.75) is 19.9 Å². The van der Waals surface area contributed by atoms with Crippen molar-refractivity contribution in [3.8, 4) is 11.3 Å². The van der Waals surface area contributed by atoms with E-state index in [4.69, 9.17) is 4.74 Å². The van der Waals surface area contributed by atoms with Gasteiger partial charge in [-0.15, -0.1) is 0 Å². The van der Waals surface area contributed by atoms with Crippen LogP contribution in [0.25, 0.3) is 28.2 Å². The van der Waals surface area contributed by atoms with Crippen LogP contribution in [0.2, 0.25) is 0 Å². The number of methoxy groups -OCH3 is 1. The molecule has 0 bridgehead atoms. The van der Waals surface area contributed by atoms with E-state index in [0.29, 0.717) is 39.2 Å². The zero-order valence-electron chi connectivity index (χ0n) is 23.7. The first kappa shape index (κ1) is 29.3. The van der Waals surface area contributed by atoms with Gasteiger partial charge in [-0.05, 0) is 68.0 Å². The summed E-state index contributed by atoms with van der Waals surface area (Å²) in [5, 5.41) is 15.5. The Morgan fingerprint density at radius 3 is 2.33 bits per heavy atom. The van der Waals surface area contributed by atoms with Gasteiger partial charge in [-0.3, -0.25) is 9.52 Å². The number of ether oxygens (including phenoxy) is 1. The number of anilines is 2. The van der Waals surface area contributed by atoms with Crippen molar-refractivity contribution in [2.24, 2.45) is 5.10 Å². The Bertz CT molecular complexity index is 1940. The lowest BCUT2D eigenvalue weighted by atomic mass is 10.0. The number of carboxylic acids is 1. The van der Waals surface area contributed by atoms with Crippen LogP contribution in [0.1, 0.15) is 35.8 Å². The highest BCUT2D eigenvalue weighted by molar-refractivity contribution is 7.92. The maximum atomic E-state index is 13.7. The third-order valence-corrected chi connectivity index (χ3v) is 7.64. The fourth-order valence-electron chi connectivity index (χ4n) is 5.08. The zero-order valence-corrected chi connectivity index (χ0v) is 24.5. The Morgan fingerprint density at radius 2 is 1.72 bits per heavy atom. The molecule has 1 aliphatic heterocycles. The van der Waals surface area contributed by atoms with E-state index < -0.39 is 33.9 Å². The molecule has 0 fully saturated rings. The number of benzene rings is 3. The van der Waals surface area contributed by atoms with Crippen molar-refractivity contribution in [3.63, 3.8) is 0 Å². The molecule has 43 heavy (non-hydrogen) atoms. The molecule has 3 aromatic carbocycles. The number of carbonyl (C=O) groups excluding carboxylic acids is 2. The summed E-state index contributed by atoms with van der Waals surface area (Å²) < 4.78 is 33.5. The second-order valence-corrected chi connectivity index (χ2v) is 11.8. The molecule has 12 heteroatoms. The molecule has 0 saturated carbocycles. The largest absolute Gasteiger partial charge is 0.478 e. The molecule has 1 aromatic heterocycles. The van der Waals surface area contributed by atoms with Gasteiger partial charge in [-0.1, -0.05) is 30.3 Å². The molecule has 0 saturated heterocycles. The number of hydrazone groups is 1. The van der Waals surface area contributed by atoms with Crippen LogP contribution in [0.3, 0.4) is 0 Å². The fraction of sp³-hybridized carbons (Fsp3) is 0.161. The molecule has 0 aliphatic carbocycles. The molecule has 2 heterocycles. The lowest BCUT2D eigenvalue weighted by molar-refractivity contribution is -0.143. The van der Waals surface area contributed by atoms with Crippen molar-refractivity contribution >= 4 is 61.9 Å². The number of rotatable bonds is 8. The number of aromatic nitrogens is 1. The molecule has 0 spiro atoms. The molecule has 1 amide bonds. The van der Waals surface area contributed by atoms with Gasteiger partial charge in [0.15, 0.2) is 0 Å². The minimum absolute atomic E-state index is 0.0745. The third kappa shape index (κ3) is 5.64. The third-order valence-electron chi connectivity index (χ3n) is 7.03. The molecule has 220 valence electrons. The normalized spacial score (nSPS) is 15.1. The highest BCUT2D eigenvalue weighted by atomic mass is 32.2. The number of fused-ring (bicyclic) bond motifs is 1. The van der Waals surface area contributed by atoms with Crippen LogP contribution in [0.15, 0.2) is 83.5 Å². The molecule has 4 aromatic rings. The number of nitrogens with one attached hydrogen (secondary N) is 1. The number of sulfonamides is 1. The minimum atomic E-state index is -3.60. The fourth-order valence-corrected chi connectivity index (χ4v) is 5.64. The highest BCUT2D eigenvalue weighted by Gasteiger charge is 2.31.